The van der Waals surface area contributed by atoms with Crippen LogP contribution in [0, 0.1) is 0 Å². The molecule has 1 aliphatic rings. The SMILES string of the molecule is Clc1ccc(C2CC(c3ccc(Cl)cc3)n3c(nc4ccccc43)N2)cc1. The molecule has 27 heavy (non-hydrogen) atoms. The molecule has 3 nitrogen and oxygen atoms in total. The topological polar surface area (TPSA) is 29.9 Å². The van der Waals surface area contributed by atoms with Crippen molar-refractivity contribution < 1.29 is 0 Å². The van der Waals surface area contributed by atoms with Crippen molar-refractivity contribution in [1.82, 2.24) is 9.55 Å². The predicted molar refractivity (Wildman–Crippen MR) is 112 cm³/mol. The molecule has 0 spiro atoms. The van der Waals surface area contributed by atoms with Gasteiger partial charge in [0.1, 0.15) is 0 Å². The summed E-state index contributed by atoms with van der Waals surface area (Å²) < 4.78 is 2.30. The zero-order valence-corrected chi connectivity index (χ0v) is 16.0. The molecule has 1 aromatic heterocycles. The number of rotatable bonds is 2. The number of hydrogen-bond acceptors (Lipinski definition) is 2. The Morgan fingerprint density at radius 3 is 2.15 bits per heavy atom. The summed E-state index contributed by atoms with van der Waals surface area (Å²) >= 11 is 12.2. The molecule has 2 heterocycles. The molecule has 0 radical (unpaired) electrons. The van der Waals surface area contributed by atoms with Crippen molar-refractivity contribution in [3.63, 3.8) is 0 Å². The minimum absolute atomic E-state index is 0.159. The number of nitrogens with zero attached hydrogens (tertiary/aromatic N) is 2. The minimum atomic E-state index is 0.159. The smallest absolute Gasteiger partial charge is 0.204 e. The van der Waals surface area contributed by atoms with Crippen LogP contribution in [0.25, 0.3) is 11.0 Å². The van der Waals surface area contributed by atoms with Crippen molar-refractivity contribution in [1.29, 1.82) is 0 Å². The van der Waals surface area contributed by atoms with E-state index in [1.807, 2.05) is 30.3 Å². The van der Waals surface area contributed by atoms with Crippen molar-refractivity contribution in [2.45, 2.75) is 18.5 Å². The van der Waals surface area contributed by atoms with Gasteiger partial charge in [0.2, 0.25) is 5.95 Å². The summed E-state index contributed by atoms with van der Waals surface area (Å²) in [5.74, 6) is 0.891. The number of halogens is 2. The molecule has 1 N–H and O–H groups in total. The number of nitrogens with one attached hydrogen (secondary N) is 1. The van der Waals surface area contributed by atoms with E-state index in [4.69, 9.17) is 28.2 Å². The molecule has 2 atom stereocenters. The Bertz CT molecular complexity index is 1100. The van der Waals surface area contributed by atoms with Crippen LogP contribution in [-0.4, -0.2) is 9.55 Å². The molecule has 0 bridgehead atoms. The summed E-state index contributed by atoms with van der Waals surface area (Å²) in [7, 11) is 0. The molecule has 0 fully saturated rings. The average molecular weight is 394 g/mol. The fourth-order valence-corrected chi connectivity index (χ4v) is 4.14. The van der Waals surface area contributed by atoms with Crippen LogP contribution >= 0.6 is 23.2 Å². The van der Waals surface area contributed by atoms with Crippen molar-refractivity contribution in [3.05, 3.63) is 94.0 Å². The Labute approximate surface area is 167 Å². The maximum absolute atomic E-state index is 6.12. The lowest BCUT2D eigenvalue weighted by Crippen LogP contribution is -2.27. The predicted octanol–water partition coefficient (Wildman–Crippen LogP) is 6.49. The van der Waals surface area contributed by atoms with Gasteiger partial charge < -0.3 is 9.88 Å². The molecular weight excluding hydrogens is 377 g/mol. The lowest BCUT2D eigenvalue weighted by atomic mass is 9.93. The first-order valence-electron chi connectivity index (χ1n) is 8.93. The molecule has 0 amide bonds. The third kappa shape index (κ3) is 2.97. The number of fused-ring (bicyclic) bond motifs is 3. The zero-order chi connectivity index (χ0) is 18.4. The van der Waals surface area contributed by atoms with Crippen LogP contribution in [0.1, 0.15) is 29.6 Å². The highest BCUT2D eigenvalue weighted by Gasteiger charge is 2.30. The van der Waals surface area contributed by atoms with Gasteiger partial charge in [-0.15, -0.1) is 0 Å². The molecule has 5 heteroatoms. The van der Waals surface area contributed by atoms with Gasteiger partial charge in [0.15, 0.2) is 0 Å². The van der Waals surface area contributed by atoms with Crippen molar-refractivity contribution in [2.75, 3.05) is 5.32 Å². The molecule has 1 aliphatic heterocycles. The van der Waals surface area contributed by atoms with Gasteiger partial charge in [0.05, 0.1) is 23.1 Å². The van der Waals surface area contributed by atoms with E-state index in [9.17, 15) is 0 Å². The second kappa shape index (κ2) is 6.59. The second-order valence-corrected chi connectivity index (χ2v) is 7.72. The number of anilines is 1. The van der Waals surface area contributed by atoms with Crippen LogP contribution in [0.15, 0.2) is 72.8 Å². The highest BCUT2D eigenvalue weighted by atomic mass is 35.5. The maximum Gasteiger partial charge on any atom is 0.204 e. The van der Waals surface area contributed by atoms with Gasteiger partial charge >= 0.3 is 0 Å². The van der Waals surface area contributed by atoms with Gasteiger partial charge in [-0.05, 0) is 53.9 Å². The van der Waals surface area contributed by atoms with Crippen LogP contribution in [0.4, 0.5) is 5.95 Å². The third-order valence-electron chi connectivity index (χ3n) is 5.20. The Morgan fingerprint density at radius 1 is 0.815 bits per heavy atom. The summed E-state index contributed by atoms with van der Waals surface area (Å²) in [6.07, 6.45) is 0.913. The zero-order valence-electron chi connectivity index (χ0n) is 14.4. The van der Waals surface area contributed by atoms with Gasteiger partial charge in [0.25, 0.3) is 0 Å². The standard InChI is InChI=1S/C22H17Cl2N3/c23-16-9-5-14(6-10-16)19-13-21(15-7-11-17(24)12-8-15)27-20-4-2-1-3-18(20)25-22(27)26-19/h1-12,19,21H,13H2,(H,25,26). The molecular formula is C22H17Cl2N3. The highest BCUT2D eigenvalue weighted by molar-refractivity contribution is 6.30. The van der Waals surface area contributed by atoms with E-state index in [-0.39, 0.29) is 12.1 Å². The van der Waals surface area contributed by atoms with E-state index in [0.29, 0.717) is 0 Å². The monoisotopic (exact) mass is 393 g/mol. The van der Waals surface area contributed by atoms with Crippen LogP contribution in [0.2, 0.25) is 10.0 Å². The molecule has 3 aromatic carbocycles. The van der Waals surface area contributed by atoms with Crippen molar-refractivity contribution in [3.8, 4) is 0 Å². The first-order chi connectivity index (χ1) is 13.2. The number of imidazole rings is 1. The molecule has 0 saturated heterocycles. The van der Waals surface area contributed by atoms with Crippen LogP contribution in [0.5, 0.6) is 0 Å². The fraction of sp³-hybridized carbons (Fsp3) is 0.136. The minimum Gasteiger partial charge on any atom is -0.349 e. The third-order valence-corrected chi connectivity index (χ3v) is 5.70. The summed E-state index contributed by atoms with van der Waals surface area (Å²) in [5, 5.41) is 5.11. The summed E-state index contributed by atoms with van der Waals surface area (Å²) in [6, 6.07) is 24.7. The van der Waals surface area contributed by atoms with Crippen LogP contribution in [-0.2, 0) is 0 Å². The first-order valence-corrected chi connectivity index (χ1v) is 9.69. The van der Waals surface area contributed by atoms with E-state index in [1.165, 1.54) is 11.1 Å². The lowest BCUT2D eigenvalue weighted by Gasteiger charge is -2.33. The Hall–Kier alpha value is -2.49. The number of hydrogen-bond donors (Lipinski definition) is 1. The molecule has 134 valence electrons. The Kier molecular flexibility index (Phi) is 4.07. The van der Waals surface area contributed by atoms with E-state index < -0.39 is 0 Å². The summed E-state index contributed by atoms with van der Waals surface area (Å²) in [5.41, 5.74) is 4.56. The largest absolute Gasteiger partial charge is 0.349 e. The number of benzene rings is 3. The van der Waals surface area contributed by atoms with E-state index in [1.54, 1.807) is 0 Å². The van der Waals surface area contributed by atoms with Crippen LogP contribution in [0.3, 0.4) is 0 Å². The van der Waals surface area contributed by atoms with Crippen LogP contribution < -0.4 is 5.32 Å². The van der Waals surface area contributed by atoms with Gasteiger partial charge in [0, 0.05) is 10.0 Å². The number of aromatic nitrogens is 2. The summed E-state index contributed by atoms with van der Waals surface area (Å²) in [6.45, 7) is 0. The van der Waals surface area contributed by atoms with Gasteiger partial charge in [-0.25, -0.2) is 4.98 Å². The maximum atomic E-state index is 6.12. The molecule has 2 unspecified atom stereocenters. The van der Waals surface area contributed by atoms with Gasteiger partial charge in [-0.1, -0.05) is 59.6 Å². The van der Waals surface area contributed by atoms with E-state index >= 15 is 0 Å². The fourth-order valence-electron chi connectivity index (χ4n) is 3.89. The lowest BCUT2D eigenvalue weighted by molar-refractivity contribution is 0.477. The molecule has 0 saturated carbocycles. The van der Waals surface area contributed by atoms with Gasteiger partial charge in [-0.3, -0.25) is 0 Å². The van der Waals surface area contributed by atoms with Crippen molar-refractivity contribution in [2.24, 2.45) is 0 Å². The Balaban J connectivity index is 1.65. The highest BCUT2D eigenvalue weighted by Crippen LogP contribution is 2.41. The molecule has 0 aliphatic carbocycles. The van der Waals surface area contributed by atoms with Crippen molar-refractivity contribution >= 4 is 40.2 Å². The summed E-state index contributed by atoms with van der Waals surface area (Å²) in [4.78, 5) is 4.84. The van der Waals surface area contributed by atoms with Gasteiger partial charge in [-0.2, -0.15) is 0 Å². The molecule has 5 rings (SSSR count). The first kappa shape index (κ1) is 16.7. The van der Waals surface area contributed by atoms with E-state index in [0.717, 1.165) is 33.4 Å². The Morgan fingerprint density at radius 2 is 1.44 bits per heavy atom. The number of para-hydroxylation sites is 2. The molecule has 4 aromatic rings. The second-order valence-electron chi connectivity index (χ2n) is 6.85. The normalized spacial score (nSPS) is 18.9. The van der Waals surface area contributed by atoms with E-state index in [2.05, 4.69) is 52.3 Å². The quantitative estimate of drug-likeness (QED) is 0.421. The average Bonchev–Trinajstić information content (AvgIpc) is 3.07.